The molecule has 3 aromatic rings. The van der Waals surface area contributed by atoms with Crippen molar-refractivity contribution in [1.82, 2.24) is 15.5 Å². The molecule has 0 saturated carbocycles. The van der Waals surface area contributed by atoms with Crippen molar-refractivity contribution in [3.05, 3.63) is 95.3 Å². The summed E-state index contributed by atoms with van der Waals surface area (Å²) in [5, 5.41) is 5.79. The van der Waals surface area contributed by atoms with Gasteiger partial charge in [0.05, 0.1) is 6.04 Å². The maximum atomic E-state index is 13.9. The number of hydrogen-bond acceptors (Lipinski definition) is 5. The Morgan fingerprint density at radius 1 is 0.953 bits per heavy atom. The molecule has 1 atom stereocenters. The largest absolute Gasteiger partial charge is 0.449 e. The van der Waals surface area contributed by atoms with Gasteiger partial charge in [0.25, 0.3) is 0 Å². The molecule has 0 bridgehead atoms. The fraction of sp³-hybridized carbons (Fsp3) is 0.382. The summed E-state index contributed by atoms with van der Waals surface area (Å²) in [7, 11) is 0. The average molecular weight is 588 g/mol. The lowest BCUT2D eigenvalue weighted by atomic mass is 9.86. The lowest BCUT2D eigenvalue weighted by molar-refractivity contribution is -0.130. The van der Waals surface area contributed by atoms with Crippen molar-refractivity contribution in [2.75, 3.05) is 19.7 Å². The van der Waals surface area contributed by atoms with Gasteiger partial charge < -0.3 is 25.0 Å². The van der Waals surface area contributed by atoms with E-state index in [1.165, 1.54) is 17.0 Å². The average Bonchev–Trinajstić information content (AvgIpc) is 3.29. The molecule has 0 radical (unpaired) electrons. The van der Waals surface area contributed by atoms with E-state index in [0.717, 1.165) is 22.3 Å². The number of halogens is 1. The third-order valence-corrected chi connectivity index (χ3v) is 8.08. The van der Waals surface area contributed by atoms with E-state index < -0.39 is 41.1 Å². The fourth-order valence-corrected chi connectivity index (χ4v) is 5.83. The number of ether oxygens (including phenoxy) is 2. The standard InChI is InChI=1S/C34H38FN3O5/c1-22(23-10-9-11-24(35)20-23)36-30(39)34(16-18-38(19-17-34)32(41)43-33(2,3)4)37-31(40)42-21-29-27-14-7-5-12-25(27)26-13-6-8-15-28(26)29/h5-15,20,22,29H,16-19,21H2,1-4H3,(H,36,39)(H,37,40)/t22-/m0/s1. The summed E-state index contributed by atoms with van der Waals surface area (Å²) in [4.78, 5) is 41.4. The fourth-order valence-electron chi connectivity index (χ4n) is 5.83. The smallest absolute Gasteiger partial charge is 0.410 e. The van der Waals surface area contributed by atoms with Crippen LogP contribution in [-0.4, -0.2) is 53.8 Å². The van der Waals surface area contributed by atoms with Gasteiger partial charge in [-0.1, -0.05) is 60.7 Å². The van der Waals surface area contributed by atoms with Crippen LogP contribution >= 0.6 is 0 Å². The van der Waals surface area contributed by atoms with Crippen molar-refractivity contribution in [2.24, 2.45) is 0 Å². The molecule has 1 aliphatic carbocycles. The number of alkyl carbamates (subject to hydrolysis) is 1. The normalized spacial score (nSPS) is 16.4. The molecule has 8 nitrogen and oxygen atoms in total. The highest BCUT2D eigenvalue weighted by atomic mass is 19.1. The van der Waals surface area contributed by atoms with E-state index in [2.05, 4.69) is 22.8 Å². The second-order valence-corrected chi connectivity index (χ2v) is 12.3. The monoisotopic (exact) mass is 587 g/mol. The molecule has 5 rings (SSSR count). The van der Waals surface area contributed by atoms with E-state index in [1.54, 1.807) is 39.8 Å². The molecule has 0 unspecified atom stereocenters. The van der Waals surface area contributed by atoms with Gasteiger partial charge in [0.1, 0.15) is 23.6 Å². The van der Waals surface area contributed by atoms with Crippen LogP contribution in [0.1, 0.15) is 69.2 Å². The molecule has 3 aromatic carbocycles. The van der Waals surface area contributed by atoms with Gasteiger partial charge >= 0.3 is 12.2 Å². The van der Waals surface area contributed by atoms with Crippen molar-refractivity contribution in [2.45, 2.75) is 63.6 Å². The molecule has 43 heavy (non-hydrogen) atoms. The molecule has 1 fully saturated rings. The minimum Gasteiger partial charge on any atom is -0.449 e. The second-order valence-electron chi connectivity index (χ2n) is 12.3. The van der Waals surface area contributed by atoms with Crippen LogP contribution in [0.3, 0.4) is 0 Å². The number of fused-ring (bicyclic) bond motifs is 3. The number of carbonyl (C=O) groups is 3. The Morgan fingerprint density at radius 3 is 2.14 bits per heavy atom. The summed E-state index contributed by atoms with van der Waals surface area (Å²) in [6.45, 7) is 7.61. The van der Waals surface area contributed by atoms with Crippen molar-refractivity contribution in [3.63, 3.8) is 0 Å². The van der Waals surface area contributed by atoms with E-state index in [9.17, 15) is 18.8 Å². The van der Waals surface area contributed by atoms with E-state index in [-0.39, 0.29) is 38.5 Å². The van der Waals surface area contributed by atoms with Gasteiger partial charge in [0.15, 0.2) is 0 Å². The molecule has 2 aliphatic rings. The third-order valence-electron chi connectivity index (χ3n) is 8.08. The Kier molecular flexibility index (Phi) is 8.44. The number of rotatable bonds is 6. The Morgan fingerprint density at radius 2 is 1.56 bits per heavy atom. The Labute approximate surface area is 251 Å². The maximum absolute atomic E-state index is 13.9. The SMILES string of the molecule is C[C@H](NC(=O)C1(NC(=O)OCC2c3ccccc3-c3ccccc32)CCN(C(=O)OC(C)(C)C)CC1)c1cccc(F)c1. The van der Waals surface area contributed by atoms with Crippen LogP contribution in [0, 0.1) is 5.82 Å². The Bertz CT molecular complexity index is 1460. The van der Waals surface area contributed by atoms with Crippen LogP contribution in [0.5, 0.6) is 0 Å². The lowest BCUT2D eigenvalue weighted by Crippen LogP contribution is -2.64. The number of piperidine rings is 1. The summed E-state index contributed by atoms with van der Waals surface area (Å²) >= 11 is 0. The molecule has 2 N–H and O–H groups in total. The highest BCUT2D eigenvalue weighted by Crippen LogP contribution is 2.44. The number of nitrogens with one attached hydrogen (secondary N) is 2. The van der Waals surface area contributed by atoms with Crippen LogP contribution in [0.25, 0.3) is 11.1 Å². The Balaban J connectivity index is 1.31. The van der Waals surface area contributed by atoms with E-state index in [0.29, 0.717) is 5.56 Å². The zero-order valence-corrected chi connectivity index (χ0v) is 25.0. The molecule has 3 amide bonds. The first-order valence-electron chi connectivity index (χ1n) is 14.6. The molecular weight excluding hydrogens is 549 g/mol. The summed E-state index contributed by atoms with van der Waals surface area (Å²) in [6.07, 6.45) is -0.895. The zero-order valence-electron chi connectivity index (χ0n) is 25.0. The molecule has 226 valence electrons. The van der Waals surface area contributed by atoms with E-state index in [4.69, 9.17) is 9.47 Å². The van der Waals surface area contributed by atoms with Gasteiger partial charge in [0.2, 0.25) is 5.91 Å². The minimum atomic E-state index is -1.34. The first-order valence-corrected chi connectivity index (χ1v) is 14.6. The maximum Gasteiger partial charge on any atom is 0.410 e. The van der Waals surface area contributed by atoms with Crippen molar-refractivity contribution >= 4 is 18.1 Å². The van der Waals surface area contributed by atoms with Crippen LogP contribution in [-0.2, 0) is 14.3 Å². The predicted octanol–water partition coefficient (Wildman–Crippen LogP) is 6.31. The number of likely N-dealkylation sites (tertiary alicyclic amines) is 1. The molecule has 1 heterocycles. The van der Waals surface area contributed by atoms with Crippen molar-refractivity contribution in [3.8, 4) is 11.1 Å². The van der Waals surface area contributed by atoms with E-state index >= 15 is 0 Å². The van der Waals surface area contributed by atoms with Crippen LogP contribution in [0.15, 0.2) is 72.8 Å². The highest BCUT2D eigenvalue weighted by molar-refractivity contribution is 5.90. The second kappa shape index (κ2) is 12.1. The summed E-state index contributed by atoms with van der Waals surface area (Å²) in [5.74, 6) is -0.970. The number of benzene rings is 3. The summed E-state index contributed by atoms with van der Waals surface area (Å²) in [6, 6.07) is 21.6. The van der Waals surface area contributed by atoms with Crippen molar-refractivity contribution in [1.29, 1.82) is 0 Å². The highest BCUT2D eigenvalue weighted by Gasteiger charge is 2.45. The number of hydrogen-bond donors (Lipinski definition) is 2. The minimum absolute atomic E-state index is 0.0985. The topological polar surface area (TPSA) is 97.0 Å². The zero-order chi connectivity index (χ0) is 30.8. The van der Waals surface area contributed by atoms with Gasteiger partial charge in [-0.05, 0) is 80.5 Å². The van der Waals surface area contributed by atoms with Crippen LogP contribution in [0.2, 0.25) is 0 Å². The lowest BCUT2D eigenvalue weighted by Gasteiger charge is -2.41. The van der Waals surface area contributed by atoms with Crippen molar-refractivity contribution < 1.29 is 28.2 Å². The van der Waals surface area contributed by atoms with Gasteiger partial charge in [-0.15, -0.1) is 0 Å². The molecular formula is C34H38FN3O5. The van der Waals surface area contributed by atoms with E-state index in [1.807, 2.05) is 36.4 Å². The number of nitrogens with zero attached hydrogens (tertiary/aromatic N) is 1. The summed E-state index contributed by atoms with van der Waals surface area (Å²) in [5.41, 5.74) is 2.98. The first-order chi connectivity index (χ1) is 20.5. The molecule has 1 saturated heterocycles. The molecule has 0 spiro atoms. The number of carbonyl (C=O) groups excluding carboxylic acids is 3. The van der Waals surface area contributed by atoms with Gasteiger partial charge in [-0.2, -0.15) is 0 Å². The first kappa shape index (κ1) is 30.1. The molecule has 1 aliphatic heterocycles. The number of amides is 3. The molecule has 0 aromatic heterocycles. The molecule has 9 heteroatoms. The van der Waals surface area contributed by atoms with Gasteiger partial charge in [-0.3, -0.25) is 4.79 Å². The predicted molar refractivity (Wildman–Crippen MR) is 161 cm³/mol. The quantitative estimate of drug-likeness (QED) is 0.352. The summed E-state index contributed by atoms with van der Waals surface area (Å²) < 4.78 is 25.2. The Hall–Kier alpha value is -4.40. The van der Waals surface area contributed by atoms with Crippen LogP contribution < -0.4 is 10.6 Å². The third kappa shape index (κ3) is 6.66. The van der Waals surface area contributed by atoms with Crippen LogP contribution in [0.4, 0.5) is 14.0 Å². The van der Waals surface area contributed by atoms with Gasteiger partial charge in [0, 0.05) is 19.0 Å². The van der Waals surface area contributed by atoms with Gasteiger partial charge in [-0.25, -0.2) is 14.0 Å².